The van der Waals surface area contributed by atoms with E-state index in [2.05, 4.69) is 133 Å². The van der Waals surface area contributed by atoms with Crippen LogP contribution < -0.4 is 0 Å². The molecule has 0 bridgehead atoms. The van der Waals surface area contributed by atoms with Crippen molar-refractivity contribution in [3.8, 4) is 45.3 Å². The summed E-state index contributed by atoms with van der Waals surface area (Å²) in [5.41, 5.74) is 10.4. The molecule has 0 unspecified atom stereocenters. The molecule has 12 rings (SSSR count). The van der Waals surface area contributed by atoms with E-state index in [4.69, 9.17) is 23.8 Å². The molecule has 7 aromatic carbocycles. The van der Waals surface area contributed by atoms with Crippen LogP contribution in [0.1, 0.15) is 18.4 Å². The zero-order chi connectivity index (χ0) is 37.5. The van der Waals surface area contributed by atoms with Gasteiger partial charge in [0.15, 0.2) is 17.5 Å². The molecule has 0 aliphatic heterocycles. The van der Waals surface area contributed by atoms with E-state index in [0.29, 0.717) is 17.5 Å². The first-order chi connectivity index (χ1) is 28.2. The van der Waals surface area contributed by atoms with Crippen LogP contribution >= 0.6 is 11.3 Å². The molecular formula is C51H31N3O2S. The van der Waals surface area contributed by atoms with Crippen LogP contribution in [0, 0.1) is 0 Å². The number of benzene rings is 7. The Hall–Kier alpha value is -7.15. The summed E-state index contributed by atoms with van der Waals surface area (Å²) in [4.78, 5) is 16.3. The molecule has 0 atom stereocenters. The Morgan fingerprint density at radius 2 is 1.11 bits per heavy atom. The summed E-state index contributed by atoms with van der Waals surface area (Å²) >= 11 is 1.78. The normalized spacial score (nSPS) is 13.2. The minimum Gasteiger partial charge on any atom is -0.456 e. The van der Waals surface area contributed by atoms with Crippen molar-refractivity contribution < 1.29 is 8.83 Å². The van der Waals surface area contributed by atoms with Crippen molar-refractivity contribution in [3.05, 3.63) is 169 Å². The third kappa shape index (κ3) is 5.11. The van der Waals surface area contributed by atoms with E-state index in [1.54, 1.807) is 11.3 Å². The van der Waals surface area contributed by atoms with Crippen LogP contribution in [0.3, 0.4) is 0 Å². The standard InChI is InChI=1S/C51H31N3O2S/c1-2-13-30(14-3-1)31-15-10-16-32(29-31)49-52-50(39-22-11-21-36-33-17-6-9-26-44(33)57-48(36)39)54-51(53-49)47-35(27-28-43-46(47)38-19-5-8-24-41(38)56-43)34-20-12-25-42-45(34)37-18-4-7-23-40(37)55-42/h2,4-29H,1,3H2. The molecule has 0 saturated heterocycles. The third-order valence-corrected chi connectivity index (χ3v) is 12.4. The van der Waals surface area contributed by atoms with Gasteiger partial charge in [-0.2, -0.15) is 0 Å². The number of aromatic nitrogens is 3. The Morgan fingerprint density at radius 3 is 1.95 bits per heavy atom. The second kappa shape index (κ2) is 12.7. The number of allylic oxidation sites excluding steroid dienone is 4. The quantitative estimate of drug-likeness (QED) is 0.175. The lowest BCUT2D eigenvalue weighted by Crippen LogP contribution is -2.02. The molecule has 4 aromatic heterocycles. The Labute approximate surface area is 330 Å². The summed E-state index contributed by atoms with van der Waals surface area (Å²) < 4.78 is 15.3. The number of hydrogen-bond donors (Lipinski definition) is 0. The first-order valence-electron chi connectivity index (χ1n) is 19.2. The molecule has 1 aliphatic rings. The van der Waals surface area contributed by atoms with Crippen LogP contribution in [0.25, 0.3) is 115 Å². The van der Waals surface area contributed by atoms with E-state index < -0.39 is 0 Å². The van der Waals surface area contributed by atoms with Gasteiger partial charge >= 0.3 is 0 Å². The van der Waals surface area contributed by atoms with Gasteiger partial charge in [0.25, 0.3) is 0 Å². The predicted molar refractivity (Wildman–Crippen MR) is 235 cm³/mol. The maximum atomic E-state index is 6.55. The number of para-hydroxylation sites is 2. The number of furan rings is 2. The van der Waals surface area contributed by atoms with Crippen LogP contribution in [0.2, 0.25) is 0 Å². The molecule has 5 nitrogen and oxygen atoms in total. The number of hydrogen-bond acceptors (Lipinski definition) is 6. The number of nitrogens with zero attached hydrogens (tertiary/aromatic N) is 3. The highest BCUT2D eigenvalue weighted by Crippen LogP contribution is 2.46. The predicted octanol–water partition coefficient (Wildman–Crippen LogP) is 14.4. The van der Waals surface area contributed by atoms with E-state index >= 15 is 0 Å². The fourth-order valence-electron chi connectivity index (χ4n) is 8.60. The van der Waals surface area contributed by atoms with Gasteiger partial charge in [-0.1, -0.05) is 115 Å². The van der Waals surface area contributed by atoms with Gasteiger partial charge in [-0.15, -0.1) is 11.3 Å². The molecule has 11 aromatic rings. The molecule has 57 heavy (non-hydrogen) atoms. The number of fused-ring (bicyclic) bond motifs is 9. The van der Waals surface area contributed by atoms with Gasteiger partial charge in [0.2, 0.25) is 0 Å². The highest BCUT2D eigenvalue weighted by atomic mass is 32.1. The van der Waals surface area contributed by atoms with Gasteiger partial charge in [-0.3, -0.25) is 0 Å². The first kappa shape index (κ1) is 32.1. The Kier molecular flexibility index (Phi) is 7.16. The smallest absolute Gasteiger partial charge is 0.165 e. The van der Waals surface area contributed by atoms with Crippen molar-refractivity contribution in [2.75, 3.05) is 0 Å². The van der Waals surface area contributed by atoms with Crippen molar-refractivity contribution in [1.29, 1.82) is 0 Å². The number of thiophene rings is 1. The molecule has 0 radical (unpaired) electrons. The second-order valence-corrected chi connectivity index (χ2v) is 15.6. The van der Waals surface area contributed by atoms with Gasteiger partial charge < -0.3 is 8.83 Å². The molecule has 6 heteroatoms. The average molecular weight is 750 g/mol. The molecule has 4 heterocycles. The van der Waals surface area contributed by atoms with Crippen molar-refractivity contribution in [1.82, 2.24) is 15.0 Å². The van der Waals surface area contributed by atoms with Crippen LogP contribution in [0.15, 0.2) is 173 Å². The van der Waals surface area contributed by atoms with E-state index in [0.717, 1.165) is 94.8 Å². The summed E-state index contributed by atoms with van der Waals surface area (Å²) in [7, 11) is 0. The molecule has 0 saturated carbocycles. The minimum absolute atomic E-state index is 0.576. The van der Waals surface area contributed by atoms with Gasteiger partial charge in [-0.25, -0.2) is 15.0 Å². The lowest BCUT2D eigenvalue weighted by molar-refractivity contribution is 0.669. The first-order valence-corrected chi connectivity index (χ1v) is 20.1. The summed E-state index contributed by atoms with van der Waals surface area (Å²) in [6.45, 7) is 0. The Balaban J connectivity index is 1.19. The van der Waals surface area contributed by atoms with Gasteiger partial charge in [0, 0.05) is 58.4 Å². The molecule has 0 spiro atoms. The molecule has 0 amide bonds. The fourth-order valence-corrected chi connectivity index (χ4v) is 9.81. The highest BCUT2D eigenvalue weighted by molar-refractivity contribution is 7.26. The van der Waals surface area contributed by atoms with Crippen LogP contribution in [-0.2, 0) is 0 Å². The molecule has 0 N–H and O–H groups in total. The van der Waals surface area contributed by atoms with Crippen LogP contribution in [0.4, 0.5) is 0 Å². The highest BCUT2D eigenvalue weighted by Gasteiger charge is 2.25. The largest absolute Gasteiger partial charge is 0.456 e. The van der Waals surface area contributed by atoms with Crippen LogP contribution in [0.5, 0.6) is 0 Å². The summed E-state index contributed by atoms with van der Waals surface area (Å²) in [5, 5.41) is 6.49. The second-order valence-electron chi connectivity index (χ2n) is 14.5. The van der Waals surface area contributed by atoms with Crippen molar-refractivity contribution >= 4 is 81.0 Å². The summed E-state index contributed by atoms with van der Waals surface area (Å²) in [6, 6.07) is 50.6. The molecule has 0 fully saturated rings. The summed E-state index contributed by atoms with van der Waals surface area (Å²) in [5.74, 6) is 1.81. The lowest BCUT2D eigenvalue weighted by Gasteiger charge is -2.15. The van der Waals surface area contributed by atoms with Gasteiger partial charge in [-0.05, 0) is 83.6 Å². The monoisotopic (exact) mass is 749 g/mol. The maximum absolute atomic E-state index is 6.55. The maximum Gasteiger partial charge on any atom is 0.165 e. The van der Waals surface area contributed by atoms with E-state index in [1.165, 1.54) is 21.0 Å². The Bertz CT molecular complexity index is 3490. The molecule has 1 aliphatic carbocycles. The molecule has 268 valence electrons. The van der Waals surface area contributed by atoms with Gasteiger partial charge in [0.05, 0.1) is 0 Å². The van der Waals surface area contributed by atoms with E-state index in [9.17, 15) is 0 Å². The molecular weight excluding hydrogens is 719 g/mol. The SMILES string of the molecule is C1=CC(c2cccc(-c3nc(-c4cccc5c4sc4ccccc45)nc(-c4c(-c5cccc6oc7ccccc7c56)ccc5oc6ccccc6c45)n3)c2)=CCC1. The van der Waals surface area contributed by atoms with Crippen molar-refractivity contribution in [2.24, 2.45) is 0 Å². The Morgan fingerprint density at radius 1 is 0.456 bits per heavy atom. The zero-order valence-electron chi connectivity index (χ0n) is 30.6. The lowest BCUT2D eigenvalue weighted by atomic mass is 9.92. The van der Waals surface area contributed by atoms with Gasteiger partial charge in [0.1, 0.15) is 22.3 Å². The average Bonchev–Trinajstić information content (AvgIpc) is 3.98. The summed E-state index contributed by atoms with van der Waals surface area (Å²) in [6.07, 6.45) is 8.86. The van der Waals surface area contributed by atoms with Crippen molar-refractivity contribution in [2.45, 2.75) is 12.8 Å². The number of rotatable bonds is 5. The minimum atomic E-state index is 0.576. The van der Waals surface area contributed by atoms with Crippen molar-refractivity contribution in [3.63, 3.8) is 0 Å². The van der Waals surface area contributed by atoms with Crippen LogP contribution in [-0.4, -0.2) is 15.0 Å². The van der Waals surface area contributed by atoms with E-state index in [-0.39, 0.29) is 0 Å². The topological polar surface area (TPSA) is 65.0 Å². The third-order valence-electron chi connectivity index (χ3n) is 11.2. The fraction of sp³-hybridized carbons (Fsp3) is 0.0392. The van der Waals surface area contributed by atoms with E-state index in [1.807, 2.05) is 30.3 Å². The zero-order valence-corrected chi connectivity index (χ0v) is 31.4.